The van der Waals surface area contributed by atoms with E-state index in [4.69, 9.17) is 5.73 Å². The first-order valence-corrected chi connectivity index (χ1v) is 6.16. The highest BCUT2D eigenvalue weighted by molar-refractivity contribution is 7.19. The molecule has 2 heterocycles. The summed E-state index contributed by atoms with van der Waals surface area (Å²) in [4.78, 5) is 11.1. The van der Waals surface area contributed by atoms with E-state index in [0.29, 0.717) is 5.82 Å². The lowest BCUT2D eigenvalue weighted by Crippen LogP contribution is -2.29. The van der Waals surface area contributed by atoms with Crippen molar-refractivity contribution in [2.24, 2.45) is 5.92 Å². The van der Waals surface area contributed by atoms with Crippen molar-refractivity contribution in [3.8, 4) is 0 Å². The van der Waals surface area contributed by atoms with Crippen LogP contribution in [0.2, 0.25) is 0 Å². The van der Waals surface area contributed by atoms with Gasteiger partial charge in [-0.25, -0.2) is 9.97 Å². The molecule has 2 bridgehead atoms. The number of thiophene rings is 1. The van der Waals surface area contributed by atoms with Crippen molar-refractivity contribution in [2.45, 2.75) is 25.2 Å². The molecule has 4 heteroatoms. The monoisotopic (exact) mass is 217 g/mol. The third kappa shape index (κ3) is 0.905. The van der Waals surface area contributed by atoms with Gasteiger partial charge in [0.2, 0.25) is 0 Å². The number of hydrogen-bond donors (Lipinski definition) is 1. The fraction of sp³-hybridized carbons (Fsp3) is 0.455. The smallest absolute Gasteiger partial charge is 0.135 e. The lowest BCUT2D eigenvalue weighted by atomic mass is 9.65. The quantitative estimate of drug-likeness (QED) is 0.736. The summed E-state index contributed by atoms with van der Waals surface area (Å²) in [5.74, 6) is 2.37. The molecule has 0 aliphatic heterocycles. The predicted molar refractivity (Wildman–Crippen MR) is 61.0 cm³/mol. The Morgan fingerprint density at radius 1 is 1.33 bits per heavy atom. The Morgan fingerprint density at radius 2 is 2.20 bits per heavy atom. The molecule has 2 N–H and O–H groups in total. The number of nitrogen functional groups attached to an aromatic ring is 1. The number of anilines is 1. The van der Waals surface area contributed by atoms with E-state index in [0.717, 1.165) is 22.1 Å². The standard InChI is InChI=1S/C11H11N3S/c12-10-8-7-3-5-1-6(2-5)9(7)15-11(8)14-4-13-10/h4-6H,1-3H2,(H2,12,13,14). The Bertz CT molecular complexity index is 554. The van der Waals surface area contributed by atoms with Crippen molar-refractivity contribution >= 4 is 27.4 Å². The summed E-state index contributed by atoms with van der Waals surface area (Å²) in [6.07, 6.45) is 5.54. The second-order valence-electron chi connectivity index (χ2n) is 4.62. The average molecular weight is 217 g/mol. The summed E-state index contributed by atoms with van der Waals surface area (Å²) < 4.78 is 0. The highest BCUT2D eigenvalue weighted by atomic mass is 32.1. The van der Waals surface area contributed by atoms with Crippen LogP contribution in [0.5, 0.6) is 0 Å². The van der Waals surface area contributed by atoms with Gasteiger partial charge in [-0.1, -0.05) is 0 Å². The molecule has 3 aliphatic rings. The van der Waals surface area contributed by atoms with E-state index in [1.165, 1.54) is 24.8 Å². The lowest BCUT2D eigenvalue weighted by molar-refractivity contribution is 0.243. The minimum atomic E-state index is 0.666. The van der Waals surface area contributed by atoms with Crippen LogP contribution < -0.4 is 5.73 Å². The summed E-state index contributed by atoms with van der Waals surface area (Å²) in [6.45, 7) is 0. The van der Waals surface area contributed by atoms with E-state index in [9.17, 15) is 0 Å². The van der Waals surface area contributed by atoms with E-state index < -0.39 is 0 Å². The van der Waals surface area contributed by atoms with Gasteiger partial charge in [-0.2, -0.15) is 0 Å². The van der Waals surface area contributed by atoms with Crippen LogP contribution in [-0.4, -0.2) is 9.97 Å². The zero-order chi connectivity index (χ0) is 9.99. The maximum atomic E-state index is 5.94. The third-order valence-corrected chi connectivity index (χ3v) is 5.05. The van der Waals surface area contributed by atoms with Gasteiger partial charge in [0.25, 0.3) is 0 Å². The average Bonchev–Trinajstić information content (AvgIpc) is 2.55. The molecule has 3 aliphatic carbocycles. The van der Waals surface area contributed by atoms with Gasteiger partial charge in [0.1, 0.15) is 17.0 Å². The van der Waals surface area contributed by atoms with Gasteiger partial charge in [0.05, 0.1) is 5.39 Å². The number of hydrogen-bond acceptors (Lipinski definition) is 4. The molecule has 0 atom stereocenters. The number of fused-ring (bicyclic) bond motifs is 1. The third-order valence-electron chi connectivity index (χ3n) is 3.75. The van der Waals surface area contributed by atoms with Crippen LogP contribution in [0, 0.1) is 5.92 Å². The van der Waals surface area contributed by atoms with Gasteiger partial charge in [0.15, 0.2) is 0 Å². The van der Waals surface area contributed by atoms with Crippen LogP contribution in [0.4, 0.5) is 5.82 Å². The van der Waals surface area contributed by atoms with Gasteiger partial charge in [-0.15, -0.1) is 11.3 Å². The molecule has 0 saturated heterocycles. The van der Waals surface area contributed by atoms with E-state index in [2.05, 4.69) is 9.97 Å². The molecule has 0 amide bonds. The second-order valence-corrected chi connectivity index (χ2v) is 5.65. The number of nitrogens with zero attached hydrogens (tertiary/aromatic N) is 2. The highest BCUT2D eigenvalue weighted by Crippen LogP contribution is 2.54. The molecule has 1 saturated carbocycles. The van der Waals surface area contributed by atoms with Crippen LogP contribution in [0.1, 0.15) is 29.2 Å². The summed E-state index contributed by atoms with van der Waals surface area (Å²) in [7, 11) is 0. The summed E-state index contributed by atoms with van der Waals surface area (Å²) in [5.41, 5.74) is 7.40. The Kier molecular flexibility index (Phi) is 1.34. The van der Waals surface area contributed by atoms with Gasteiger partial charge < -0.3 is 5.73 Å². The van der Waals surface area contributed by atoms with Crippen molar-refractivity contribution < 1.29 is 0 Å². The van der Waals surface area contributed by atoms with Crippen molar-refractivity contribution in [3.05, 3.63) is 16.8 Å². The maximum absolute atomic E-state index is 5.94. The molecular formula is C11H11N3S. The second kappa shape index (κ2) is 2.50. The normalized spacial score (nSPS) is 27.5. The topological polar surface area (TPSA) is 51.8 Å². The first-order valence-electron chi connectivity index (χ1n) is 5.34. The van der Waals surface area contributed by atoms with Crippen molar-refractivity contribution in [1.82, 2.24) is 9.97 Å². The van der Waals surface area contributed by atoms with E-state index >= 15 is 0 Å². The molecule has 3 nitrogen and oxygen atoms in total. The minimum Gasteiger partial charge on any atom is -0.383 e. The largest absolute Gasteiger partial charge is 0.383 e. The number of rotatable bonds is 0. The van der Waals surface area contributed by atoms with Gasteiger partial charge in [-0.05, 0) is 36.7 Å². The zero-order valence-electron chi connectivity index (χ0n) is 8.23. The van der Waals surface area contributed by atoms with Crippen molar-refractivity contribution in [3.63, 3.8) is 0 Å². The Balaban J connectivity index is 2.11. The van der Waals surface area contributed by atoms with Crippen LogP contribution in [-0.2, 0) is 6.42 Å². The van der Waals surface area contributed by atoms with Gasteiger partial charge in [-0.3, -0.25) is 0 Å². The molecule has 2 aromatic heterocycles. The Morgan fingerprint density at radius 3 is 3.07 bits per heavy atom. The Hall–Kier alpha value is -1.16. The van der Waals surface area contributed by atoms with E-state index in [1.807, 2.05) is 11.3 Å². The number of nitrogens with two attached hydrogens (primary N) is 1. The fourth-order valence-electron chi connectivity index (χ4n) is 2.97. The first-order chi connectivity index (χ1) is 7.33. The van der Waals surface area contributed by atoms with Crippen LogP contribution in [0.15, 0.2) is 6.33 Å². The van der Waals surface area contributed by atoms with Gasteiger partial charge >= 0.3 is 0 Å². The summed E-state index contributed by atoms with van der Waals surface area (Å²) in [6, 6.07) is 0. The van der Waals surface area contributed by atoms with Crippen molar-refractivity contribution in [2.75, 3.05) is 5.73 Å². The first kappa shape index (κ1) is 8.05. The molecule has 2 aromatic rings. The molecule has 76 valence electrons. The number of aromatic nitrogens is 2. The minimum absolute atomic E-state index is 0.666. The highest BCUT2D eigenvalue weighted by Gasteiger charge is 2.39. The SMILES string of the molecule is Nc1ncnc2sc3c(c12)CC1CC3C1. The molecule has 0 unspecified atom stereocenters. The van der Waals surface area contributed by atoms with Crippen LogP contribution in [0.25, 0.3) is 10.2 Å². The summed E-state index contributed by atoms with van der Waals surface area (Å²) >= 11 is 1.83. The Labute approximate surface area is 91.3 Å². The predicted octanol–water partition coefficient (Wildman–Crippen LogP) is 2.32. The maximum Gasteiger partial charge on any atom is 0.135 e. The van der Waals surface area contributed by atoms with Gasteiger partial charge in [0, 0.05) is 4.88 Å². The van der Waals surface area contributed by atoms with E-state index in [-0.39, 0.29) is 0 Å². The van der Waals surface area contributed by atoms with E-state index in [1.54, 1.807) is 11.2 Å². The zero-order valence-corrected chi connectivity index (χ0v) is 9.05. The lowest BCUT2D eigenvalue weighted by Gasteiger charge is -2.40. The van der Waals surface area contributed by atoms with Crippen LogP contribution in [0.3, 0.4) is 0 Å². The molecular weight excluding hydrogens is 206 g/mol. The van der Waals surface area contributed by atoms with Crippen molar-refractivity contribution in [1.29, 1.82) is 0 Å². The van der Waals surface area contributed by atoms with Crippen LogP contribution >= 0.6 is 11.3 Å². The summed E-state index contributed by atoms with van der Waals surface area (Å²) in [5, 5.41) is 1.15. The molecule has 5 rings (SSSR count). The molecule has 1 fully saturated rings. The fourth-order valence-corrected chi connectivity index (χ4v) is 4.28. The molecule has 0 spiro atoms. The molecule has 15 heavy (non-hydrogen) atoms. The molecule has 0 aromatic carbocycles. The molecule has 0 radical (unpaired) electrons.